The Bertz CT molecular complexity index is 447. The second-order valence-electron chi connectivity index (χ2n) is 2.84. The quantitative estimate of drug-likeness (QED) is 0.620. The van der Waals surface area contributed by atoms with Crippen LogP contribution in [0.5, 0.6) is 5.75 Å². The lowest BCUT2D eigenvalue weighted by Gasteiger charge is -2.05. The van der Waals surface area contributed by atoms with Crippen molar-refractivity contribution in [3.63, 3.8) is 0 Å². The number of carbonyl (C=O) groups is 1. The molecule has 0 aliphatic heterocycles. The Hall–Kier alpha value is -2.18. The highest BCUT2D eigenvalue weighted by Gasteiger charge is 2.22. The minimum absolute atomic E-state index is 0.227. The number of methoxy groups -OCH3 is 1. The van der Waals surface area contributed by atoms with Gasteiger partial charge >= 0.3 is 5.69 Å². The highest BCUT2D eigenvalue weighted by atomic mass is 19.1. The number of amides is 1. The van der Waals surface area contributed by atoms with Crippen molar-refractivity contribution in [2.45, 2.75) is 0 Å². The number of benzene rings is 1. The van der Waals surface area contributed by atoms with E-state index in [0.29, 0.717) is 0 Å². The van der Waals surface area contributed by atoms with E-state index in [-0.39, 0.29) is 5.75 Å². The van der Waals surface area contributed by atoms with E-state index in [1.54, 1.807) is 0 Å². The summed E-state index contributed by atoms with van der Waals surface area (Å²) in [5.74, 6) is -1.83. The highest BCUT2D eigenvalue weighted by molar-refractivity contribution is 5.95. The van der Waals surface area contributed by atoms with Crippen molar-refractivity contribution in [1.29, 1.82) is 0 Å². The van der Waals surface area contributed by atoms with Crippen LogP contribution in [0.15, 0.2) is 12.1 Å². The van der Waals surface area contributed by atoms with Gasteiger partial charge in [-0.05, 0) is 0 Å². The Balaban J connectivity index is 3.38. The second kappa shape index (κ2) is 4.56. The van der Waals surface area contributed by atoms with Gasteiger partial charge in [0.1, 0.15) is 5.82 Å². The zero-order chi connectivity index (χ0) is 12.3. The van der Waals surface area contributed by atoms with Crippen LogP contribution in [-0.4, -0.2) is 25.0 Å². The molecule has 0 unspecified atom stereocenters. The lowest BCUT2D eigenvalue weighted by atomic mass is 10.1. The van der Waals surface area contributed by atoms with Gasteiger partial charge in [0.15, 0.2) is 5.75 Å². The molecule has 1 rings (SSSR count). The fourth-order valence-corrected chi connectivity index (χ4v) is 1.16. The van der Waals surface area contributed by atoms with Crippen LogP contribution < -0.4 is 10.1 Å². The first-order valence-corrected chi connectivity index (χ1v) is 4.25. The molecule has 1 amide bonds. The number of hydrogen-bond donors (Lipinski definition) is 1. The molecular formula is C9H9FN2O4. The third-order valence-corrected chi connectivity index (χ3v) is 1.94. The van der Waals surface area contributed by atoms with Crippen LogP contribution in [0, 0.1) is 15.9 Å². The summed E-state index contributed by atoms with van der Waals surface area (Å²) in [6, 6.07) is 1.65. The van der Waals surface area contributed by atoms with Gasteiger partial charge in [-0.3, -0.25) is 14.9 Å². The molecule has 0 radical (unpaired) electrons. The maximum absolute atomic E-state index is 13.4. The van der Waals surface area contributed by atoms with Crippen molar-refractivity contribution in [3.8, 4) is 5.75 Å². The van der Waals surface area contributed by atoms with E-state index in [4.69, 9.17) is 0 Å². The zero-order valence-electron chi connectivity index (χ0n) is 8.61. The normalized spacial score (nSPS) is 9.69. The largest absolute Gasteiger partial charge is 0.490 e. The summed E-state index contributed by atoms with van der Waals surface area (Å²) in [6.07, 6.45) is 0. The first kappa shape index (κ1) is 11.9. The minimum Gasteiger partial charge on any atom is -0.490 e. The van der Waals surface area contributed by atoms with E-state index in [1.165, 1.54) is 14.2 Å². The minimum atomic E-state index is -0.873. The van der Waals surface area contributed by atoms with Crippen LogP contribution in [-0.2, 0) is 0 Å². The maximum atomic E-state index is 13.4. The number of ether oxygens (including phenoxy) is 1. The highest BCUT2D eigenvalue weighted by Crippen LogP contribution is 2.29. The van der Waals surface area contributed by atoms with Crippen molar-refractivity contribution in [3.05, 3.63) is 33.6 Å². The standard InChI is InChI=1S/C9H9FN2O4/c1-11-9(13)5-3-7(12(14)15)8(16-2)4-6(5)10/h3-4H,1-2H3,(H,11,13). The van der Waals surface area contributed by atoms with Gasteiger partial charge < -0.3 is 10.1 Å². The number of rotatable bonds is 3. The molecule has 0 bridgehead atoms. The van der Waals surface area contributed by atoms with E-state index in [0.717, 1.165) is 12.1 Å². The molecule has 0 aliphatic carbocycles. The van der Waals surface area contributed by atoms with E-state index in [9.17, 15) is 19.3 Å². The molecule has 1 aromatic rings. The van der Waals surface area contributed by atoms with Gasteiger partial charge in [-0.25, -0.2) is 4.39 Å². The van der Waals surface area contributed by atoms with E-state index in [1.807, 2.05) is 0 Å². The summed E-state index contributed by atoms with van der Waals surface area (Å²) in [5, 5.41) is 12.8. The van der Waals surface area contributed by atoms with Crippen molar-refractivity contribution >= 4 is 11.6 Å². The van der Waals surface area contributed by atoms with Crippen molar-refractivity contribution < 1.29 is 18.8 Å². The average molecular weight is 228 g/mol. The molecule has 0 saturated carbocycles. The zero-order valence-corrected chi connectivity index (χ0v) is 8.61. The number of nitro benzene ring substituents is 1. The third-order valence-electron chi connectivity index (χ3n) is 1.94. The van der Waals surface area contributed by atoms with Crippen LogP contribution in [0.4, 0.5) is 10.1 Å². The summed E-state index contributed by atoms with van der Waals surface area (Å²) in [7, 11) is 2.49. The first-order valence-electron chi connectivity index (χ1n) is 4.25. The molecular weight excluding hydrogens is 219 g/mol. The number of carbonyl (C=O) groups excluding carboxylic acids is 1. The van der Waals surface area contributed by atoms with E-state index < -0.39 is 27.9 Å². The molecule has 0 fully saturated rings. The van der Waals surface area contributed by atoms with Crippen LogP contribution in [0.25, 0.3) is 0 Å². The lowest BCUT2D eigenvalue weighted by molar-refractivity contribution is -0.385. The van der Waals surface area contributed by atoms with Gasteiger partial charge in [0.2, 0.25) is 0 Å². The molecule has 86 valence electrons. The summed E-state index contributed by atoms with van der Waals surface area (Å²) >= 11 is 0. The Morgan fingerprint density at radius 3 is 2.62 bits per heavy atom. The molecule has 0 aromatic heterocycles. The molecule has 1 aromatic carbocycles. The number of nitrogens with zero attached hydrogens (tertiary/aromatic N) is 1. The second-order valence-corrected chi connectivity index (χ2v) is 2.84. The maximum Gasteiger partial charge on any atom is 0.311 e. The topological polar surface area (TPSA) is 81.5 Å². The molecule has 0 aliphatic rings. The van der Waals surface area contributed by atoms with E-state index >= 15 is 0 Å². The average Bonchev–Trinajstić information content (AvgIpc) is 2.27. The Morgan fingerprint density at radius 2 is 2.19 bits per heavy atom. The van der Waals surface area contributed by atoms with Crippen molar-refractivity contribution in [2.75, 3.05) is 14.2 Å². The summed E-state index contributed by atoms with van der Waals surface area (Å²) < 4.78 is 18.0. The Kier molecular flexibility index (Phi) is 3.39. The monoisotopic (exact) mass is 228 g/mol. The molecule has 7 heteroatoms. The SMILES string of the molecule is CNC(=O)c1cc([N+](=O)[O-])c(OC)cc1F. The fourth-order valence-electron chi connectivity index (χ4n) is 1.16. The summed E-state index contributed by atoms with van der Waals surface area (Å²) in [6.45, 7) is 0. The summed E-state index contributed by atoms with van der Waals surface area (Å²) in [4.78, 5) is 21.1. The number of halogens is 1. The molecule has 0 atom stereocenters. The fraction of sp³-hybridized carbons (Fsp3) is 0.222. The Labute approximate surface area is 90.2 Å². The lowest BCUT2D eigenvalue weighted by Crippen LogP contribution is -2.19. The van der Waals surface area contributed by atoms with Gasteiger partial charge in [-0.1, -0.05) is 0 Å². The first-order chi connectivity index (χ1) is 7.51. The molecule has 6 nitrogen and oxygen atoms in total. The van der Waals surface area contributed by atoms with E-state index in [2.05, 4.69) is 10.1 Å². The molecule has 0 heterocycles. The molecule has 16 heavy (non-hydrogen) atoms. The van der Waals surface area contributed by atoms with Gasteiger partial charge in [0.05, 0.1) is 17.6 Å². The van der Waals surface area contributed by atoms with Gasteiger partial charge in [0, 0.05) is 19.2 Å². The number of nitrogens with one attached hydrogen (secondary N) is 1. The van der Waals surface area contributed by atoms with Crippen LogP contribution in [0.3, 0.4) is 0 Å². The molecule has 0 spiro atoms. The Morgan fingerprint density at radius 1 is 1.56 bits per heavy atom. The van der Waals surface area contributed by atoms with Crippen LogP contribution in [0.2, 0.25) is 0 Å². The smallest absolute Gasteiger partial charge is 0.311 e. The molecule has 1 N–H and O–H groups in total. The van der Waals surface area contributed by atoms with Gasteiger partial charge in [0.25, 0.3) is 5.91 Å². The van der Waals surface area contributed by atoms with Crippen molar-refractivity contribution in [1.82, 2.24) is 5.32 Å². The van der Waals surface area contributed by atoms with Gasteiger partial charge in [-0.2, -0.15) is 0 Å². The molecule has 0 saturated heterocycles. The van der Waals surface area contributed by atoms with Gasteiger partial charge in [-0.15, -0.1) is 0 Å². The number of nitro groups is 1. The van der Waals surface area contributed by atoms with Crippen LogP contribution >= 0.6 is 0 Å². The summed E-state index contributed by atoms with van der Waals surface area (Å²) in [5.41, 5.74) is -0.850. The van der Waals surface area contributed by atoms with Crippen LogP contribution in [0.1, 0.15) is 10.4 Å². The van der Waals surface area contributed by atoms with Crippen molar-refractivity contribution in [2.24, 2.45) is 0 Å². The predicted molar refractivity (Wildman–Crippen MR) is 53.0 cm³/mol. The predicted octanol–water partition coefficient (Wildman–Crippen LogP) is 1.10. The third kappa shape index (κ3) is 2.08. The number of hydrogen-bond acceptors (Lipinski definition) is 4.